The van der Waals surface area contributed by atoms with E-state index in [2.05, 4.69) is 15.0 Å². The van der Waals surface area contributed by atoms with Gasteiger partial charge >= 0.3 is 5.97 Å². The molecule has 0 atom stereocenters. The van der Waals surface area contributed by atoms with E-state index in [9.17, 15) is 4.79 Å². The fourth-order valence-corrected chi connectivity index (χ4v) is 2.13. The Labute approximate surface area is 106 Å². The van der Waals surface area contributed by atoms with Crippen molar-refractivity contribution in [2.45, 2.75) is 10.1 Å². The second-order valence-corrected chi connectivity index (χ2v) is 4.40. The van der Waals surface area contributed by atoms with E-state index in [0.29, 0.717) is 10.1 Å². The van der Waals surface area contributed by atoms with Crippen molar-refractivity contribution in [1.82, 2.24) is 15.0 Å². The van der Waals surface area contributed by atoms with Crippen molar-refractivity contribution < 1.29 is 9.90 Å². The van der Waals surface area contributed by atoms with Crippen LogP contribution in [0.15, 0.2) is 40.8 Å². The van der Waals surface area contributed by atoms with Crippen LogP contribution in [0.25, 0.3) is 0 Å². The van der Waals surface area contributed by atoms with E-state index in [1.807, 2.05) is 0 Å². The molecule has 0 aromatic carbocycles. The van der Waals surface area contributed by atoms with E-state index in [0.717, 1.165) is 0 Å². The fraction of sp³-hybridized carbons (Fsp3) is 0. The molecule has 2 aromatic rings. The van der Waals surface area contributed by atoms with E-state index < -0.39 is 5.97 Å². The lowest BCUT2D eigenvalue weighted by Gasteiger charge is -2.02. The van der Waals surface area contributed by atoms with Gasteiger partial charge in [-0.1, -0.05) is 11.6 Å². The van der Waals surface area contributed by atoms with E-state index in [-0.39, 0.29) is 10.7 Å². The van der Waals surface area contributed by atoms with Crippen LogP contribution >= 0.6 is 23.4 Å². The Morgan fingerprint density at radius 1 is 1.35 bits per heavy atom. The lowest BCUT2D eigenvalue weighted by molar-refractivity contribution is 0.0696. The van der Waals surface area contributed by atoms with Crippen molar-refractivity contribution in [3.05, 3.63) is 41.4 Å². The minimum atomic E-state index is -1.04. The van der Waals surface area contributed by atoms with Crippen LogP contribution in [0.4, 0.5) is 0 Å². The summed E-state index contributed by atoms with van der Waals surface area (Å²) in [6, 6.07) is 4.45. The average molecular weight is 268 g/mol. The molecule has 2 rings (SSSR count). The van der Waals surface area contributed by atoms with Gasteiger partial charge in [-0.15, -0.1) is 0 Å². The molecule has 0 bridgehead atoms. The van der Waals surface area contributed by atoms with Gasteiger partial charge in [0, 0.05) is 6.20 Å². The molecule has 0 saturated carbocycles. The van der Waals surface area contributed by atoms with Crippen LogP contribution in [-0.2, 0) is 0 Å². The molecule has 0 aliphatic heterocycles. The fourth-order valence-electron chi connectivity index (χ4n) is 1.09. The number of hydrogen-bond acceptors (Lipinski definition) is 5. The van der Waals surface area contributed by atoms with Crippen molar-refractivity contribution in [1.29, 1.82) is 0 Å². The number of carboxylic acids is 1. The number of pyridine rings is 1. The predicted molar refractivity (Wildman–Crippen MR) is 62.4 cm³/mol. The van der Waals surface area contributed by atoms with Crippen molar-refractivity contribution >= 4 is 29.3 Å². The molecule has 0 aliphatic carbocycles. The van der Waals surface area contributed by atoms with Crippen molar-refractivity contribution in [2.24, 2.45) is 0 Å². The molecule has 17 heavy (non-hydrogen) atoms. The number of aromatic nitrogens is 3. The molecule has 7 heteroatoms. The van der Waals surface area contributed by atoms with Gasteiger partial charge in [0.05, 0.1) is 5.56 Å². The second kappa shape index (κ2) is 5.11. The van der Waals surface area contributed by atoms with Crippen LogP contribution in [0.2, 0.25) is 5.15 Å². The average Bonchev–Trinajstić information content (AvgIpc) is 2.29. The minimum absolute atomic E-state index is 0.0987. The third-order valence-corrected chi connectivity index (χ3v) is 2.84. The first kappa shape index (κ1) is 11.8. The Morgan fingerprint density at radius 2 is 2.18 bits per heavy atom. The van der Waals surface area contributed by atoms with Gasteiger partial charge in [0.2, 0.25) is 0 Å². The first-order chi connectivity index (χ1) is 8.15. The topological polar surface area (TPSA) is 76.0 Å². The molecule has 2 aromatic heterocycles. The molecule has 0 spiro atoms. The summed E-state index contributed by atoms with van der Waals surface area (Å²) < 4.78 is 0. The van der Waals surface area contributed by atoms with E-state index in [4.69, 9.17) is 16.7 Å². The molecule has 0 fully saturated rings. The van der Waals surface area contributed by atoms with Gasteiger partial charge < -0.3 is 5.11 Å². The second-order valence-electron chi connectivity index (χ2n) is 2.97. The van der Waals surface area contributed by atoms with Gasteiger partial charge in [-0.25, -0.2) is 19.7 Å². The molecule has 0 aliphatic rings. The summed E-state index contributed by atoms with van der Waals surface area (Å²) in [7, 11) is 0. The van der Waals surface area contributed by atoms with E-state index in [1.54, 1.807) is 12.3 Å². The zero-order valence-electron chi connectivity index (χ0n) is 8.37. The van der Waals surface area contributed by atoms with Gasteiger partial charge in [-0.3, -0.25) is 0 Å². The van der Waals surface area contributed by atoms with Gasteiger partial charge in [0.15, 0.2) is 0 Å². The summed E-state index contributed by atoms with van der Waals surface area (Å²) in [5, 5.41) is 10.2. The summed E-state index contributed by atoms with van der Waals surface area (Å²) >= 11 is 6.96. The van der Waals surface area contributed by atoms with Gasteiger partial charge in [-0.05, 0) is 30.0 Å². The molecular weight excluding hydrogens is 262 g/mol. The van der Waals surface area contributed by atoms with Crippen LogP contribution < -0.4 is 0 Å². The lowest BCUT2D eigenvalue weighted by atomic mass is 10.3. The zero-order valence-corrected chi connectivity index (χ0v) is 9.94. The molecule has 0 radical (unpaired) electrons. The lowest BCUT2D eigenvalue weighted by Crippen LogP contribution is -1.97. The summed E-state index contributed by atoms with van der Waals surface area (Å²) in [6.07, 6.45) is 3.00. The first-order valence-corrected chi connectivity index (χ1v) is 5.69. The molecule has 86 valence electrons. The minimum Gasteiger partial charge on any atom is -0.478 e. The zero-order chi connectivity index (χ0) is 12.3. The highest BCUT2D eigenvalue weighted by molar-refractivity contribution is 7.99. The highest BCUT2D eigenvalue weighted by Crippen LogP contribution is 2.25. The van der Waals surface area contributed by atoms with Crippen LogP contribution in [0.5, 0.6) is 0 Å². The van der Waals surface area contributed by atoms with Crippen molar-refractivity contribution in [2.75, 3.05) is 0 Å². The van der Waals surface area contributed by atoms with E-state index in [1.165, 1.54) is 30.2 Å². The third-order valence-electron chi connectivity index (χ3n) is 1.78. The maximum atomic E-state index is 10.8. The Balaban J connectivity index is 2.30. The number of halogens is 1. The molecule has 0 unspecified atom stereocenters. The summed E-state index contributed by atoms with van der Waals surface area (Å²) in [5.41, 5.74) is 0.0987. The quantitative estimate of drug-likeness (QED) is 0.680. The standard InChI is InChI=1S/C10H6ClN3O2S/c11-7-3-6(10(15)16)4-9(14-7)17-8-1-2-12-5-13-8/h1-5H,(H,15,16). The largest absolute Gasteiger partial charge is 0.478 e. The van der Waals surface area contributed by atoms with Gasteiger partial charge in [0.1, 0.15) is 21.5 Å². The molecule has 5 nitrogen and oxygen atoms in total. The number of rotatable bonds is 3. The monoisotopic (exact) mass is 267 g/mol. The van der Waals surface area contributed by atoms with Gasteiger partial charge in [-0.2, -0.15) is 0 Å². The van der Waals surface area contributed by atoms with Crippen LogP contribution in [0.1, 0.15) is 10.4 Å². The Bertz CT molecular complexity index is 551. The Morgan fingerprint density at radius 3 is 2.82 bits per heavy atom. The Kier molecular flexibility index (Phi) is 3.55. The molecule has 2 heterocycles. The summed E-state index contributed by atoms with van der Waals surface area (Å²) in [4.78, 5) is 22.6. The SMILES string of the molecule is O=C(O)c1cc(Cl)nc(Sc2ccncn2)c1. The Hall–Kier alpha value is -1.66. The maximum Gasteiger partial charge on any atom is 0.335 e. The summed E-state index contributed by atoms with van der Waals surface area (Å²) in [5.74, 6) is -1.04. The van der Waals surface area contributed by atoms with Crippen molar-refractivity contribution in [3.8, 4) is 0 Å². The number of hydrogen-bond donors (Lipinski definition) is 1. The maximum absolute atomic E-state index is 10.8. The van der Waals surface area contributed by atoms with Crippen LogP contribution in [0.3, 0.4) is 0 Å². The van der Waals surface area contributed by atoms with Crippen LogP contribution in [0, 0.1) is 0 Å². The van der Waals surface area contributed by atoms with Gasteiger partial charge in [0.25, 0.3) is 0 Å². The molecule has 0 saturated heterocycles. The van der Waals surface area contributed by atoms with Crippen LogP contribution in [-0.4, -0.2) is 26.0 Å². The number of carbonyl (C=O) groups is 1. The number of carboxylic acid groups (broad SMARTS) is 1. The van der Waals surface area contributed by atoms with Crippen molar-refractivity contribution in [3.63, 3.8) is 0 Å². The summed E-state index contributed by atoms with van der Waals surface area (Å²) in [6.45, 7) is 0. The third kappa shape index (κ3) is 3.15. The van der Waals surface area contributed by atoms with E-state index >= 15 is 0 Å². The highest BCUT2D eigenvalue weighted by Gasteiger charge is 2.08. The number of aromatic carboxylic acids is 1. The smallest absolute Gasteiger partial charge is 0.335 e. The number of nitrogens with zero attached hydrogens (tertiary/aromatic N) is 3. The molecule has 1 N–H and O–H groups in total. The first-order valence-electron chi connectivity index (χ1n) is 4.50. The normalized spacial score (nSPS) is 10.2. The predicted octanol–water partition coefficient (Wildman–Crippen LogP) is 2.37. The highest BCUT2D eigenvalue weighted by atomic mass is 35.5. The molecule has 0 amide bonds. The molecular formula is C10H6ClN3O2S.